The minimum absolute atomic E-state index is 0. The summed E-state index contributed by atoms with van der Waals surface area (Å²) < 4.78 is 5.39. The first-order valence-corrected chi connectivity index (χ1v) is 6.96. The monoisotopic (exact) mass is 298 g/mol. The number of hydrogen-bond donors (Lipinski definition) is 1. The Bertz CT molecular complexity index is 422. The lowest BCUT2D eigenvalue weighted by Gasteiger charge is -2.23. The zero-order valence-electron chi connectivity index (χ0n) is 11.9. The van der Waals surface area contributed by atoms with Gasteiger partial charge in [-0.1, -0.05) is 12.1 Å². The Morgan fingerprint density at radius 1 is 1.40 bits per heavy atom. The average Bonchev–Trinajstić information content (AvgIpc) is 2.90. The SMILES string of the molecule is CCOc1ccc(CC(=O)N2CCCC2CN)cc1.Cl. The molecular formula is C15H23ClN2O2. The number of amides is 1. The summed E-state index contributed by atoms with van der Waals surface area (Å²) in [4.78, 5) is 14.2. The molecule has 4 nitrogen and oxygen atoms in total. The Morgan fingerprint density at radius 2 is 2.10 bits per heavy atom. The van der Waals surface area contributed by atoms with Gasteiger partial charge in [-0.15, -0.1) is 12.4 Å². The molecule has 0 spiro atoms. The Labute approximate surface area is 126 Å². The number of hydrogen-bond acceptors (Lipinski definition) is 3. The first kappa shape index (κ1) is 16.8. The van der Waals surface area contributed by atoms with Crippen LogP contribution in [-0.2, 0) is 11.2 Å². The lowest BCUT2D eigenvalue weighted by Crippen LogP contribution is -2.40. The fraction of sp³-hybridized carbons (Fsp3) is 0.533. The Hall–Kier alpha value is -1.26. The molecule has 1 aliphatic rings. The second-order valence-electron chi connectivity index (χ2n) is 4.87. The summed E-state index contributed by atoms with van der Waals surface area (Å²) in [5.41, 5.74) is 6.72. The maximum atomic E-state index is 12.2. The van der Waals surface area contributed by atoms with E-state index in [1.54, 1.807) is 0 Å². The smallest absolute Gasteiger partial charge is 0.227 e. The van der Waals surface area contributed by atoms with Gasteiger partial charge in [0.1, 0.15) is 5.75 Å². The second-order valence-corrected chi connectivity index (χ2v) is 4.87. The van der Waals surface area contributed by atoms with E-state index >= 15 is 0 Å². The van der Waals surface area contributed by atoms with Crippen molar-refractivity contribution in [3.63, 3.8) is 0 Å². The van der Waals surface area contributed by atoms with Crippen LogP contribution >= 0.6 is 12.4 Å². The molecule has 112 valence electrons. The van der Waals surface area contributed by atoms with Crippen molar-refractivity contribution in [3.05, 3.63) is 29.8 Å². The van der Waals surface area contributed by atoms with Crippen molar-refractivity contribution in [1.82, 2.24) is 4.90 Å². The fourth-order valence-electron chi connectivity index (χ4n) is 2.56. The summed E-state index contributed by atoms with van der Waals surface area (Å²) in [5.74, 6) is 1.02. The fourth-order valence-corrected chi connectivity index (χ4v) is 2.56. The third kappa shape index (κ3) is 4.12. The van der Waals surface area contributed by atoms with Gasteiger partial charge in [0.2, 0.25) is 5.91 Å². The number of rotatable bonds is 5. The van der Waals surface area contributed by atoms with Gasteiger partial charge in [-0.3, -0.25) is 4.79 Å². The molecule has 1 aromatic carbocycles. The molecule has 20 heavy (non-hydrogen) atoms. The second kappa shape index (κ2) is 8.12. The number of benzene rings is 1. The molecule has 5 heteroatoms. The summed E-state index contributed by atoms with van der Waals surface area (Å²) in [7, 11) is 0. The highest BCUT2D eigenvalue weighted by molar-refractivity contribution is 5.85. The van der Waals surface area contributed by atoms with E-state index in [2.05, 4.69) is 0 Å². The molecule has 1 aliphatic heterocycles. The molecule has 0 radical (unpaired) electrons. The number of carbonyl (C=O) groups is 1. The summed E-state index contributed by atoms with van der Waals surface area (Å²) in [6.45, 7) is 4.02. The van der Waals surface area contributed by atoms with Gasteiger partial charge in [0.25, 0.3) is 0 Å². The molecule has 1 saturated heterocycles. The van der Waals surface area contributed by atoms with Gasteiger partial charge in [-0.2, -0.15) is 0 Å². The Balaban J connectivity index is 0.00000200. The third-order valence-electron chi connectivity index (χ3n) is 3.56. The maximum absolute atomic E-state index is 12.2. The highest BCUT2D eigenvalue weighted by Crippen LogP contribution is 2.18. The van der Waals surface area contributed by atoms with E-state index in [1.165, 1.54) is 0 Å². The lowest BCUT2D eigenvalue weighted by molar-refractivity contribution is -0.131. The minimum Gasteiger partial charge on any atom is -0.494 e. The van der Waals surface area contributed by atoms with Gasteiger partial charge in [-0.05, 0) is 37.5 Å². The van der Waals surface area contributed by atoms with Crippen LogP contribution in [0.4, 0.5) is 0 Å². The largest absolute Gasteiger partial charge is 0.494 e. The van der Waals surface area contributed by atoms with Gasteiger partial charge in [0, 0.05) is 19.1 Å². The first-order valence-electron chi connectivity index (χ1n) is 6.96. The van der Waals surface area contributed by atoms with E-state index in [4.69, 9.17) is 10.5 Å². The number of ether oxygens (including phenoxy) is 1. The number of carbonyl (C=O) groups excluding carboxylic acids is 1. The van der Waals surface area contributed by atoms with Crippen LogP contribution in [-0.4, -0.2) is 36.5 Å². The van der Waals surface area contributed by atoms with Gasteiger partial charge >= 0.3 is 0 Å². The van der Waals surface area contributed by atoms with Crippen molar-refractivity contribution in [2.75, 3.05) is 19.7 Å². The summed E-state index contributed by atoms with van der Waals surface area (Å²) in [6, 6.07) is 7.97. The van der Waals surface area contributed by atoms with E-state index in [0.29, 0.717) is 19.6 Å². The summed E-state index contributed by atoms with van der Waals surface area (Å²) >= 11 is 0. The van der Waals surface area contributed by atoms with Crippen LogP contribution in [0.3, 0.4) is 0 Å². The molecule has 1 heterocycles. The number of nitrogens with two attached hydrogens (primary N) is 1. The van der Waals surface area contributed by atoms with Crippen LogP contribution < -0.4 is 10.5 Å². The molecule has 1 atom stereocenters. The highest BCUT2D eigenvalue weighted by atomic mass is 35.5. The van der Waals surface area contributed by atoms with Gasteiger partial charge in [0.15, 0.2) is 0 Å². The van der Waals surface area contributed by atoms with Crippen LogP contribution in [0.25, 0.3) is 0 Å². The molecular weight excluding hydrogens is 276 g/mol. The van der Waals surface area contributed by atoms with Crippen molar-refractivity contribution in [1.29, 1.82) is 0 Å². The Kier molecular flexibility index (Phi) is 6.82. The highest BCUT2D eigenvalue weighted by Gasteiger charge is 2.27. The number of nitrogens with zero attached hydrogens (tertiary/aromatic N) is 1. The zero-order chi connectivity index (χ0) is 13.7. The molecule has 0 bridgehead atoms. The van der Waals surface area contributed by atoms with Crippen LogP contribution in [0.1, 0.15) is 25.3 Å². The molecule has 0 saturated carbocycles. The first-order chi connectivity index (χ1) is 9.24. The predicted octanol–water partition coefficient (Wildman–Crippen LogP) is 2.00. The van der Waals surface area contributed by atoms with Crippen LogP contribution in [0.15, 0.2) is 24.3 Å². The maximum Gasteiger partial charge on any atom is 0.227 e. The van der Waals surface area contributed by atoms with Crippen LogP contribution in [0, 0.1) is 0 Å². The quantitative estimate of drug-likeness (QED) is 0.904. The van der Waals surface area contributed by atoms with Crippen LogP contribution in [0.2, 0.25) is 0 Å². The van der Waals surface area contributed by atoms with Crippen molar-refractivity contribution in [2.24, 2.45) is 5.73 Å². The molecule has 0 aliphatic carbocycles. The zero-order valence-corrected chi connectivity index (χ0v) is 12.7. The molecule has 1 unspecified atom stereocenters. The van der Waals surface area contributed by atoms with E-state index in [0.717, 1.165) is 30.7 Å². The summed E-state index contributed by atoms with van der Waals surface area (Å²) in [5, 5.41) is 0. The average molecular weight is 299 g/mol. The Morgan fingerprint density at radius 3 is 2.70 bits per heavy atom. The van der Waals surface area contributed by atoms with Gasteiger partial charge in [0.05, 0.1) is 13.0 Å². The number of likely N-dealkylation sites (tertiary alicyclic amines) is 1. The number of halogens is 1. The standard InChI is InChI=1S/C15H22N2O2.ClH/c1-2-19-14-7-5-12(6-8-14)10-15(18)17-9-3-4-13(17)11-16;/h5-8,13H,2-4,9-11,16H2,1H3;1H. The lowest BCUT2D eigenvalue weighted by atomic mass is 10.1. The molecule has 2 rings (SSSR count). The molecule has 2 N–H and O–H groups in total. The van der Waals surface area contributed by atoms with Crippen molar-refractivity contribution < 1.29 is 9.53 Å². The molecule has 0 aromatic heterocycles. The van der Waals surface area contributed by atoms with E-state index in [1.807, 2.05) is 36.1 Å². The van der Waals surface area contributed by atoms with Gasteiger partial charge in [-0.25, -0.2) is 0 Å². The predicted molar refractivity (Wildman–Crippen MR) is 82.4 cm³/mol. The topological polar surface area (TPSA) is 55.6 Å². The van der Waals surface area contributed by atoms with E-state index in [-0.39, 0.29) is 24.4 Å². The van der Waals surface area contributed by atoms with E-state index < -0.39 is 0 Å². The minimum atomic E-state index is 0. The molecule has 1 aromatic rings. The van der Waals surface area contributed by atoms with Crippen molar-refractivity contribution >= 4 is 18.3 Å². The van der Waals surface area contributed by atoms with Crippen LogP contribution in [0.5, 0.6) is 5.75 Å². The molecule has 1 amide bonds. The van der Waals surface area contributed by atoms with E-state index in [9.17, 15) is 4.79 Å². The third-order valence-corrected chi connectivity index (χ3v) is 3.56. The summed E-state index contributed by atoms with van der Waals surface area (Å²) in [6.07, 6.45) is 2.55. The van der Waals surface area contributed by atoms with Gasteiger partial charge < -0.3 is 15.4 Å². The molecule has 1 fully saturated rings. The van der Waals surface area contributed by atoms with Crippen molar-refractivity contribution in [2.45, 2.75) is 32.2 Å². The van der Waals surface area contributed by atoms with Crippen molar-refractivity contribution in [3.8, 4) is 5.75 Å². The normalized spacial score (nSPS) is 17.7.